The second kappa shape index (κ2) is 8.71. The van der Waals surface area contributed by atoms with Crippen molar-refractivity contribution in [3.63, 3.8) is 0 Å². The number of rotatable bonds is 6. The van der Waals surface area contributed by atoms with Crippen LogP contribution in [-0.4, -0.2) is 34.2 Å². The molecule has 3 aromatic rings. The number of benzene rings is 2. The van der Waals surface area contributed by atoms with Crippen molar-refractivity contribution >= 4 is 11.6 Å². The van der Waals surface area contributed by atoms with Crippen molar-refractivity contribution in [2.45, 2.75) is 26.6 Å². The molecule has 0 saturated carbocycles. The van der Waals surface area contributed by atoms with Gasteiger partial charge in [-0.3, -0.25) is 9.69 Å². The lowest BCUT2D eigenvalue weighted by atomic mass is 10.2. The first kappa shape index (κ1) is 21.6. The van der Waals surface area contributed by atoms with Crippen LogP contribution >= 0.6 is 0 Å². The summed E-state index contributed by atoms with van der Waals surface area (Å²) in [5.74, 6) is -0.386. The molecular formula is C22H23F3N4O. The fourth-order valence-corrected chi connectivity index (χ4v) is 3.27. The van der Waals surface area contributed by atoms with Crippen molar-refractivity contribution < 1.29 is 18.0 Å². The molecule has 0 fully saturated rings. The molecule has 0 saturated heterocycles. The van der Waals surface area contributed by atoms with Crippen molar-refractivity contribution in [1.82, 2.24) is 14.7 Å². The molecule has 1 N–H and O–H groups in total. The van der Waals surface area contributed by atoms with E-state index in [1.165, 1.54) is 12.1 Å². The number of para-hydroxylation sites is 1. The van der Waals surface area contributed by atoms with Gasteiger partial charge in [-0.1, -0.05) is 24.3 Å². The number of nitrogens with one attached hydrogen (secondary N) is 1. The molecule has 0 bridgehead atoms. The Balaban J connectivity index is 1.66. The summed E-state index contributed by atoms with van der Waals surface area (Å²) in [5.41, 5.74) is 3.12. The smallest absolute Gasteiger partial charge is 0.325 e. The van der Waals surface area contributed by atoms with Gasteiger partial charge in [-0.25, -0.2) is 4.68 Å². The standard InChI is InChI=1S/C22H23F3N4O/c1-15-20(16(2)29(27-15)19-10-5-4-6-11-19)13-28(3)14-21(30)26-18-9-7-8-17(12-18)22(23,24)25/h4-12H,13-14H2,1-3H3,(H,26,30). The molecule has 0 aliphatic heterocycles. The van der Waals surface area contributed by atoms with Crippen molar-refractivity contribution in [3.05, 3.63) is 77.1 Å². The summed E-state index contributed by atoms with van der Waals surface area (Å²) in [5, 5.41) is 7.13. The molecule has 8 heteroatoms. The van der Waals surface area contributed by atoms with Crippen LogP contribution in [0.1, 0.15) is 22.5 Å². The summed E-state index contributed by atoms with van der Waals surface area (Å²) in [6.45, 7) is 4.41. The van der Waals surface area contributed by atoms with E-state index < -0.39 is 11.7 Å². The number of anilines is 1. The minimum atomic E-state index is -4.45. The van der Waals surface area contributed by atoms with Crippen molar-refractivity contribution in [3.8, 4) is 5.69 Å². The lowest BCUT2D eigenvalue weighted by molar-refractivity contribution is -0.137. The Hall–Kier alpha value is -3.13. The van der Waals surface area contributed by atoms with E-state index in [0.717, 1.165) is 34.8 Å². The predicted molar refractivity (Wildman–Crippen MR) is 109 cm³/mol. The van der Waals surface area contributed by atoms with Gasteiger partial charge in [-0.2, -0.15) is 18.3 Å². The van der Waals surface area contributed by atoms with Crippen molar-refractivity contribution in [2.75, 3.05) is 18.9 Å². The molecule has 158 valence electrons. The van der Waals surface area contributed by atoms with E-state index in [1.54, 1.807) is 11.9 Å². The highest BCUT2D eigenvalue weighted by Gasteiger charge is 2.30. The number of aryl methyl sites for hydroxylation is 1. The van der Waals surface area contributed by atoms with Gasteiger partial charge < -0.3 is 5.32 Å². The molecular weight excluding hydrogens is 393 g/mol. The number of nitrogens with zero attached hydrogens (tertiary/aromatic N) is 3. The summed E-state index contributed by atoms with van der Waals surface area (Å²) >= 11 is 0. The van der Waals surface area contributed by atoms with Crippen LogP contribution in [0.2, 0.25) is 0 Å². The second-order valence-electron chi connectivity index (χ2n) is 7.20. The van der Waals surface area contributed by atoms with E-state index in [1.807, 2.05) is 48.9 Å². The first-order chi connectivity index (χ1) is 14.1. The number of amides is 1. The number of hydrogen-bond donors (Lipinski definition) is 1. The third-order valence-corrected chi connectivity index (χ3v) is 4.76. The van der Waals surface area contributed by atoms with Gasteiger partial charge in [0.2, 0.25) is 5.91 Å². The second-order valence-corrected chi connectivity index (χ2v) is 7.20. The van der Waals surface area contributed by atoms with Crippen LogP contribution in [0.5, 0.6) is 0 Å². The highest BCUT2D eigenvalue weighted by atomic mass is 19.4. The van der Waals surface area contributed by atoms with E-state index in [0.29, 0.717) is 6.54 Å². The summed E-state index contributed by atoms with van der Waals surface area (Å²) in [7, 11) is 1.78. The van der Waals surface area contributed by atoms with Gasteiger partial charge in [0.1, 0.15) is 0 Å². The van der Waals surface area contributed by atoms with Gasteiger partial charge in [0.25, 0.3) is 0 Å². The summed E-state index contributed by atoms with van der Waals surface area (Å²) in [6.07, 6.45) is -4.45. The monoisotopic (exact) mass is 416 g/mol. The van der Waals surface area contributed by atoms with E-state index in [4.69, 9.17) is 0 Å². The number of hydrogen-bond acceptors (Lipinski definition) is 3. The molecule has 2 aromatic carbocycles. The first-order valence-corrected chi connectivity index (χ1v) is 9.41. The Labute approximate surface area is 173 Å². The summed E-state index contributed by atoms with van der Waals surface area (Å²) < 4.78 is 40.3. The van der Waals surface area contributed by atoms with Crippen LogP contribution in [0.15, 0.2) is 54.6 Å². The molecule has 0 atom stereocenters. The number of aromatic nitrogens is 2. The molecule has 0 aliphatic carbocycles. The van der Waals surface area contributed by atoms with Gasteiger partial charge in [0, 0.05) is 23.5 Å². The maximum absolute atomic E-state index is 12.8. The molecule has 1 aromatic heterocycles. The maximum atomic E-state index is 12.8. The zero-order chi connectivity index (χ0) is 21.9. The Morgan fingerprint density at radius 1 is 1.10 bits per heavy atom. The molecule has 1 heterocycles. The molecule has 0 aliphatic rings. The quantitative estimate of drug-likeness (QED) is 0.640. The lowest BCUT2D eigenvalue weighted by Crippen LogP contribution is -2.30. The average molecular weight is 416 g/mol. The highest BCUT2D eigenvalue weighted by molar-refractivity contribution is 5.92. The van der Waals surface area contributed by atoms with Crippen LogP contribution in [0.4, 0.5) is 18.9 Å². The van der Waals surface area contributed by atoms with E-state index in [9.17, 15) is 18.0 Å². The predicted octanol–water partition coefficient (Wildman–Crippen LogP) is 4.58. The summed E-state index contributed by atoms with van der Waals surface area (Å²) in [4.78, 5) is 14.1. The first-order valence-electron chi connectivity index (χ1n) is 9.41. The molecule has 0 unspecified atom stereocenters. The van der Waals surface area contributed by atoms with Gasteiger partial charge in [0.05, 0.1) is 23.5 Å². The van der Waals surface area contributed by atoms with E-state index in [2.05, 4.69) is 10.4 Å². The largest absolute Gasteiger partial charge is 0.416 e. The maximum Gasteiger partial charge on any atom is 0.416 e. The molecule has 5 nitrogen and oxygen atoms in total. The Morgan fingerprint density at radius 2 is 1.80 bits per heavy atom. The third kappa shape index (κ3) is 5.07. The molecule has 0 radical (unpaired) electrons. The van der Waals surface area contributed by atoms with Crippen molar-refractivity contribution in [2.24, 2.45) is 0 Å². The number of alkyl halides is 3. The molecule has 3 rings (SSSR count). The van der Waals surface area contributed by atoms with Crippen LogP contribution in [0.25, 0.3) is 5.69 Å². The fourth-order valence-electron chi connectivity index (χ4n) is 3.27. The van der Waals surface area contributed by atoms with Gasteiger partial charge >= 0.3 is 6.18 Å². The molecule has 1 amide bonds. The Morgan fingerprint density at radius 3 is 2.47 bits per heavy atom. The minimum Gasteiger partial charge on any atom is -0.325 e. The van der Waals surface area contributed by atoms with Gasteiger partial charge in [0.15, 0.2) is 0 Å². The third-order valence-electron chi connectivity index (χ3n) is 4.76. The van der Waals surface area contributed by atoms with Crippen LogP contribution in [0.3, 0.4) is 0 Å². The van der Waals surface area contributed by atoms with Crippen LogP contribution in [-0.2, 0) is 17.5 Å². The minimum absolute atomic E-state index is 0.0334. The van der Waals surface area contributed by atoms with E-state index >= 15 is 0 Å². The SMILES string of the molecule is Cc1nn(-c2ccccc2)c(C)c1CN(C)CC(=O)Nc1cccc(C(F)(F)F)c1. The normalized spacial score (nSPS) is 11.7. The molecule has 30 heavy (non-hydrogen) atoms. The number of carbonyl (C=O) groups excluding carboxylic acids is 1. The fraction of sp³-hybridized carbons (Fsp3) is 0.273. The number of halogens is 3. The number of likely N-dealkylation sites (N-methyl/N-ethyl adjacent to an activating group) is 1. The number of carbonyl (C=O) groups is 1. The topological polar surface area (TPSA) is 50.2 Å². The highest BCUT2D eigenvalue weighted by Crippen LogP contribution is 2.30. The Kier molecular flexibility index (Phi) is 6.26. The zero-order valence-electron chi connectivity index (χ0n) is 17.0. The van der Waals surface area contributed by atoms with Crippen molar-refractivity contribution in [1.29, 1.82) is 0 Å². The lowest BCUT2D eigenvalue weighted by Gasteiger charge is -2.17. The van der Waals surface area contributed by atoms with E-state index in [-0.39, 0.29) is 18.1 Å². The van der Waals surface area contributed by atoms with Crippen LogP contribution in [0, 0.1) is 13.8 Å². The van der Waals surface area contributed by atoms with Gasteiger partial charge in [-0.05, 0) is 51.2 Å². The average Bonchev–Trinajstić information content (AvgIpc) is 2.96. The summed E-state index contributed by atoms with van der Waals surface area (Å²) in [6, 6.07) is 14.4. The molecule has 0 spiro atoms. The zero-order valence-corrected chi connectivity index (χ0v) is 17.0. The van der Waals surface area contributed by atoms with Crippen LogP contribution < -0.4 is 5.32 Å². The Bertz CT molecular complexity index is 1030. The van der Waals surface area contributed by atoms with Gasteiger partial charge in [-0.15, -0.1) is 0 Å².